The summed E-state index contributed by atoms with van der Waals surface area (Å²) in [6, 6.07) is 6.27. The molecular weight excluding hydrogens is 266 g/mol. The van der Waals surface area contributed by atoms with Crippen LogP contribution in [-0.2, 0) is 6.42 Å². The van der Waals surface area contributed by atoms with Crippen molar-refractivity contribution in [3.63, 3.8) is 0 Å². The van der Waals surface area contributed by atoms with Crippen LogP contribution >= 0.6 is 23.4 Å². The van der Waals surface area contributed by atoms with Gasteiger partial charge in [-0.1, -0.05) is 25.4 Å². The molecule has 0 radical (unpaired) electrons. The molecule has 1 atom stereocenters. The molecule has 1 aromatic carbocycles. The Morgan fingerprint density at radius 1 is 1.39 bits per heavy atom. The number of hydrogen-bond donors (Lipinski definition) is 1. The molecule has 0 saturated carbocycles. The predicted octanol–water partition coefficient (Wildman–Crippen LogP) is 3.62. The zero-order valence-electron chi connectivity index (χ0n) is 11.3. The van der Waals surface area contributed by atoms with Gasteiger partial charge in [0.2, 0.25) is 0 Å². The Morgan fingerprint density at radius 3 is 2.78 bits per heavy atom. The lowest BCUT2D eigenvalue weighted by atomic mass is 10.1. The molecule has 1 aromatic rings. The Balaban J connectivity index is 2.74. The third-order valence-electron chi connectivity index (χ3n) is 2.72. The van der Waals surface area contributed by atoms with Gasteiger partial charge in [-0.25, -0.2) is 0 Å². The van der Waals surface area contributed by atoms with E-state index in [-0.39, 0.29) is 0 Å². The SMILES string of the molecule is CCNC(CSCC)Cc1cc(Cl)ccc1OC. The molecule has 2 nitrogen and oxygen atoms in total. The summed E-state index contributed by atoms with van der Waals surface area (Å²) in [5, 5.41) is 4.28. The van der Waals surface area contributed by atoms with E-state index < -0.39 is 0 Å². The fraction of sp³-hybridized carbons (Fsp3) is 0.571. The van der Waals surface area contributed by atoms with Crippen LogP contribution in [-0.4, -0.2) is 31.2 Å². The first kappa shape index (κ1) is 15.7. The predicted molar refractivity (Wildman–Crippen MR) is 82.2 cm³/mol. The van der Waals surface area contributed by atoms with Crippen molar-refractivity contribution in [2.24, 2.45) is 0 Å². The summed E-state index contributed by atoms with van der Waals surface area (Å²) in [7, 11) is 1.70. The van der Waals surface area contributed by atoms with E-state index in [4.69, 9.17) is 16.3 Å². The van der Waals surface area contributed by atoms with Crippen LogP contribution in [0.1, 0.15) is 19.4 Å². The monoisotopic (exact) mass is 287 g/mol. The largest absolute Gasteiger partial charge is 0.496 e. The van der Waals surface area contributed by atoms with E-state index in [0.29, 0.717) is 6.04 Å². The van der Waals surface area contributed by atoms with Crippen molar-refractivity contribution < 1.29 is 4.74 Å². The minimum absolute atomic E-state index is 0.465. The van der Waals surface area contributed by atoms with Gasteiger partial charge in [-0.05, 0) is 42.5 Å². The molecular formula is C14H22ClNOS. The number of methoxy groups -OCH3 is 1. The molecule has 0 aromatic heterocycles. The number of ether oxygens (including phenoxy) is 1. The van der Waals surface area contributed by atoms with Crippen molar-refractivity contribution in [2.75, 3.05) is 25.2 Å². The lowest BCUT2D eigenvalue weighted by Gasteiger charge is -2.19. The van der Waals surface area contributed by atoms with Gasteiger partial charge in [0.15, 0.2) is 0 Å². The first-order valence-electron chi connectivity index (χ1n) is 6.34. The van der Waals surface area contributed by atoms with Gasteiger partial charge in [0.05, 0.1) is 7.11 Å². The van der Waals surface area contributed by atoms with Gasteiger partial charge >= 0.3 is 0 Å². The minimum Gasteiger partial charge on any atom is -0.496 e. The maximum atomic E-state index is 6.06. The van der Waals surface area contributed by atoms with Crippen molar-refractivity contribution in [1.29, 1.82) is 0 Å². The molecule has 0 bridgehead atoms. The molecule has 1 N–H and O–H groups in total. The van der Waals surface area contributed by atoms with Gasteiger partial charge in [-0.2, -0.15) is 11.8 Å². The second kappa shape index (κ2) is 8.68. The average Bonchev–Trinajstić information content (AvgIpc) is 2.36. The quantitative estimate of drug-likeness (QED) is 0.789. The summed E-state index contributed by atoms with van der Waals surface area (Å²) >= 11 is 8.01. The van der Waals surface area contributed by atoms with Gasteiger partial charge in [0.25, 0.3) is 0 Å². The minimum atomic E-state index is 0.465. The number of nitrogens with one attached hydrogen (secondary N) is 1. The molecule has 0 fully saturated rings. The standard InChI is InChI=1S/C14H22ClNOS/c1-4-16-13(10-18-5-2)9-11-8-12(15)6-7-14(11)17-3/h6-8,13,16H,4-5,9-10H2,1-3H3. The Labute approximate surface area is 119 Å². The summed E-state index contributed by atoms with van der Waals surface area (Å²) in [5.74, 6) is 3.18. The molecule has 0 saturated heterocycles. The molecule has 0 amide bonds. The van der Waals surface area contributed by atoms with E-state index in [9.17, 15) is 0 Å². The van der Waals surface area contributed by atoms with E-state index in [1.807, 2.05) is 30.0 Å². The normalized spacial score (nSPS) is 12.4. The lowest BCUT2D eigenvalue weighted by Crippen LogP contribution is -2.33. The van der Waals surface area contributed by atoms with E-state index in [0.717, 1.165) is 35.2 Å². The van der Waals surface area contributed by atoms with Crippen LogP contribution in [0.25, 0.3) is 0 Å². The fourth-order valence-corrected chi connectivity index (χ4v) is 2.86. The zero-order chi connectivity index (χ0) is 13.4. The highest BCUT2D eigenvalue weighted by molar-refractivity contribution is 7.99. The van der Waals surface area contributed by atoms with Crippen LogP contribution in [0.4, 0.5) is 0 Å². The Hall–Kier alpha value is -0.380. The number of benzene rings is 1. The molecule has 102 valence electrons. The summed E-state index contributed by atoms with van der Waals surface area (Å²) in [6.07, 6.45) is 0.949. The molecule has 0 aliphatic rings. The maximum absolute atomic E-state index is 6.06. The third-order valence-corrected chi connectivity index (χ3v) is 4.01. The Bertz CT molecular complexity index is 360. The van der Waals surface area contributed by atoms with E-state index in [2.05, 4.69) is 19.2 Å². The first-order chi connectivity index (χ1) is 8.71. The van der Waals surface area contributed by atoms with Crippen LogP contribution in [0.5, 0.6) is 5.75 Å². The van der Waals surface area contributed by atoms with Gasteiger partial charge in [-0.3, -0.25) is 0 Å². The van der Waals surface area contributed by atoms with Crippen LogP contribution in [0.3, 0.4) is 0 Å². The highest BCUT2D eigenvalue weighted by atomic mass is 35.5. The highest BCUT2D eigenvalue weighted by Crippen LogP contribution is 2.24. The van der Waals surface area contributed by atoms with E-state index in [1.54, 1.807) is 7.11 Å². The molecule has 0 aliphatic carbocycles. The number of rotatable bonds is 8. The van der Waals surface area contributed by atoms with Gasteiger partial charge in [0, 0.05) is 16.8 Å². The molecule has 1 rings (SSSR count). The highest BCUT2D eigenvalue weighted by Gasteiger charge is 2.12. The number of halogens is 1. The number of hydrogen-bond acceptors (Lipinski definition) is 3. The average molecular weight is 288 g/mol. The Kier molecular flexibility index (Phi) is 7.56. The second-order valence-corrected chi connectivity index (χ2v) is 5.83. The van der Waals surface area contributed by atoms with Gasteiger partial charge in [-0.15, -0.1) is 0 Å². The third kappa shape index (κ3) is 5.09. The van der Waals surface area contributed by atoms with E-state index in [1.165, 1.54) is 5.56 Å². The van der Waals surface area contributed by atoms with Crippen LogP contribution in [0.2, 0.25) is 5.02 Å². The fourth-order valence-electron chi connectivity index (χ4n) is 1.91. The van der Waals surface area contributed by atoms with Crippen molar-refractivity contribution in [3.8, 4) is 5.75 Å². The first-order valence-corrected chi connectivity index (χ1v) is 7.88. The number of likely N-dealkylation sites (N-methyl/N-ethyl adjacent to an activating group) is 1. The van der Waals surface area contributed by atoms with Crippen molar-refractivity contribution in [2.45, 2.75) is 26.3 Å². The smallest absolute Gasteiger partial charge is 0.122 e. The summed E-state index contributed by atoms with van der Waals surface area (Å²) < 4.78 is 5.39. The topological polar surface area (TPSA) is 21.3 Å². The Morgan fingerprint density at radius 2 is 2.17 bits per heavy atom. The summed E-state index contributed by atoms with van der Waals surface area (Å²) in [5.41, 5.74) is 1.17. The van der Waals surface area contributed by atoms with E-state index >= 15 is 0 Å². The number of thioether (sulfide) groups is 1. The lowest BCUT2D eigenvalue weighted by molar-refractivity contribution is 0.406. The van der Waals surface area contributed by atoms with Crippen LogP contribution in [0, 0.1) is 0 Å². The zero-order valence-corrected chi connectivity index (χ0v) is 12.9. The molecule has 0 spiro atoms. The van der Waals surface area contributed by atoms with Gasteiger partial charge < -0.3 is 10.1 Å². The van der Waals surface area contributed by atoms with Gasteiger partial charge in [0.1, 0.15) is 5.75 Å². The molecule has 1 unspecified atom stereocenters. The molecule has 0 heterocycles. The summed E-state index contributed by atoms with van der Waals surface area (Å²) in [4.78, 5) is 0. The summed E-state index contributed by atoms with van der Waals surface area (Å²) in [6.45, 7) is 5.31. The van der Waals surface area contributed by atoms with Crippen molar-refractivity contribution in [1.82, 2.24) is 5.32 Å². The molecule has 0 aliphatic heterocycles. The van der Waals surface area contributed by atoms with Crippen molar-refractivity contribution >= 4 is 23.4 Å². The van der Waals surface area contributed by atoms with Crippen LogP contribution in [0.15, 0.2) is 18.2 Å². The molecule has 4 heteroatoms. The van der Waals surface area contributed by atoms with Crippen molar-refractivity contribution in [3.05, 3.63) is 28.8 Å². The van der Waals surface area contributed by atoms with Crippen LogP contribution < -0.4 is 10.1 Å². The maximum Gasteiger partial charge on any atom is 0.122 e. The molecule has 18 heavy (non-hydrogen) atoms. The second-order valence-electron chi connectivity index (χ2n) is 4.07.